The Kier molecular flexibility index (Phi) is 10.9. The second-order valence-corrected chi connectivity index (χ2v) is 12.5. The SMILES string of the molecule is COc1cc2c(Oc3ccc(NC(=O)c4c(C)n(-c5ccc(OC(F)(F)F)cc5)c(=O)n4C)cc3F)ccnc2cc1OCCCN1CCN(C)CC1. The number of alkyl halides is 3. The number of benzene rings is 3. The van der Waals surface area contributed by atoms with Crippen LogP contribution in [0.1, 0.15) is 22.6 Å². The Hall–Kier alpha value is -5.61. The van der Waals surface area contributed by atoms with E-state index in [9.17, 15) is 22.8 Å². The zero-order chi connectivity index (χ0) is 37.9. The molecule has 280 valence electrons. The predicted octanol–water partition coefficient (Wildman–Crippen LogP) is 6.14. The van der Waals surface area contributed by atoms with E-state index in [-0.39, 0.29) is 28.5 Å². The maximum absolute atomic E-state index is 15.4. The predicted molar refractivity (Wildman–Crippen MR) is 189 cm³/mol. The van der Waals surface area contributed by atoms with Crippen molar-refractivity contribution in [3.8, 4) is 34.4 Å². The Morgan fingerprint density at radius 2 is 1.66 bits per heavy atom. The summed E-state index contributed by atoms with van der Waals surface area (Å²) in [6.45, 7) is 7.11. The number of hydrogen-bond donors (Lipinski definition) is 1. The lowest BCUT2D eigenvalue weighted by Gasteiger charge is -2.32. The van der Waals surface area contributed by atoms with Crippen LogP contribution in [0.25, 0.3) is 16.6 Å². The Bertz CT molecular complexity index is 2160. The Labute approximate surface area is 302 Å². The summed E-state index contributed by atoms with van der Waals surface area (Å²) in [4.78, 5) is 35.6. The molecule has 3 heterocycles. The number of imidazole rings is 1. The van der Waals surface area contributed by atoms with Crippen molar-refractivity contribution in [1.29, 1.82) is 0 Å². The van der Waals surface area contributed by atoms with Crippen molar-refractivity contribution in [3.05, 3.63) is 94.5 Å². The van der Waals surface area contributed by atoms with Crippen LogP contribution in [0.5, 0.6) is 28.7 Å². The molecule has 0 radical (unpaired) electrons. The molecule has 5 aromatic rings. The van der Waals surface area contributed by atoms with E-state index in [2.05, 4.69) is 31.9 Å². The van der Waals surface area contributed by atoms with E-state index in [0.717, 1.165) is 61.9 Å². The van der Waals surface area contributed by atoms with Gasteiger partial charge in [0.25, 0.3) is 5.91 Å². The fourth-order valence-corrected chi connectivity index (χ4v) is 6.16. The number of amides is 1. The third-order valence-electron chi connectivity index (χ3n) is 8.90. The van der Waals surface area contributed by atoms with Gasteiger partial charge in [0, 0.05) is 69.2 Å². The highest BCUT2D eigenvalue weighted by Gasteiger charge is 2.31. The summed E-state index contributed by atoms with van der Waals surface area (Å²) in [7, 11) is 5.03. The van der Waals surface area contributed by atoms with Crippen LogP contribution in [0.2, 0.25) is 0 Å². The number of fused-ring (bicyclic) bond motifs is 1. The molecular weight excluding hydrogens is 700 g/mol. The van der Waals surface area contributed by atoms with Crippen molar-refractivity contribution in [2.75, 3.05) is 58.8 Å². The lowest BCUT2D eigenvalue weighted by molar-refractivity contribution is -0.274. The van der Waals surface area contributed by atoms with Gasteiger partial charge in [0.2, 0.25) is 0 Å². The van der Waals surface area contributed by atoms with Crippen LogP contribution >= 0.6 is 0 Å². The van der Waals surface area contributed by atoms with Crippen LogP contribution in [0, 0.1) is 12.7 Å². The van der Waals surface area contributed by atoms with E-state index >= 15 is 4.39 Å². The molecule has 2 aromatic heterocycles. The molecule has 0 bridgehead atoms. The molecule has 16 heteroatoms. The van der Waals surface area contributed by atoms with Gasteiger partial charge in [0.05, 0.1) is 30.6 Å². The monoisotopic (exact) mass is 738 g/mol. The lowest BCUT2D eigenvalue weighted by atomic mass is 10.1. The number of likely N-dealkylation sites (N-methyl/N-ethyl adjacent to an activating group) is 1. The average Bonchev–Trinajstić information content (AvgIpc) is 3.34. The van der Waals surface area contributed by atoms with E-state index in [0.29, 0.717) is 34.8 Å². The topological polar surface area (TPSA) is 112 Å². The number of carbonyl (C=O) groups is 1. The molecule has 1 fully saturated rings. The third kappa shape index (κ3) is 8.55. The van der Waals surface area contributed by atoms with Crippen molar-refractivity contribution in [2.24, 2.45) is 7.05 Å². The molecule has 1 aliphatic heterocycles. The van der Waals surface area contributed by atoms with Crippen LogP contribution in [0.15, 0.2) is 71.7 Å². The van der Waals surface area contributed by atoms with Gasteiger partial charge in [-0.3, -0.25) is 18.9 Å². The van der Waals surface area contributed by atoms with Crippen molar-refractivity contribution in [3.63, 3.8) is 0 Å². The molecule has 0 saturated carbocycles. The largest absolute Gasteiger partial charge is 0.573 e. The Balaban J connectivity index is 1.13. The number of hydrogen-bond acceptors (Lipinski definition) is 9. The molecule has 6 rings (SSSR count). The van der Waals surface area contributed by atoms with E-state index in [1.165, 1.54) is 56.1 Å². The number of ether oxygens (including phenoxy) is 4. The normalized spacial score (nSPS) is 14.0. The number of nitrogens with zero attached hydrogens (tertiary/aromatic N) is 5. The molecule has 1 N–H and O–H groups in total. The summed E-state index contributed by atoms with van der Waals surface area (Å²) in [6, 6.07) is 13.6. The average molecular weight is 739 g/mol. The van der Waals surface area contributed by atoms with E-state index < -0.39 is 29.5 Å². The molecule has 0 atom stereocenters. The number of pyridine rings is 1. The highest BCUT2D eigenvalue weighted by atomic mass is 19.4. The molecular formula is C37H38F4N6O6. The zero-order valence-corrected chi connectivity index (χ0v) is 29.5. The van der Waals surface area contributed by atoms with Gasteiger partial charge < -0.3 is 34.1 Å². The van der Waals surface area contributed by atoms with Gasteiger partial charge in [-0.05, 0) is 68.9 Å². The minimum Gasteiger partial charge on any atom is -0.493 e. The molecule has 0 unspecified atom stereocenters. The summed E-state index contributed by atoms with van der Waals surface area (Å²) < 4.78 is 76.9. The van der Waals surface area contributed by atoms with Crippen molar-refractivity contribution < 1.29 is 41.3 Å². The summed E-state index contributed by atoms with van der Waals surface area (Å²) in [6.07, 6.45) is -2.48. The van der Waals surface area contributed by atoms with E-state index in [1.807, 2.05) is 0 Å². The van der Waals surface area contributed by atoms with Crippen LogP contribution < -0.4 is 30.0 Å². The molecule has 53 heavy (non-hydrogen) atoms. The summed E-state index contributed by atoms with van der Waals surface area (Å²) in [5.74, 6) is -0.749. The quantitative estimate of drug-likeness (QED) is 0.119. The first-order chi connectivity index (χ1) is 25.3. The van der Waals surface area contributed by atoms with E-state index in [4.69, 9.17) is 14.2 Å². The summed E-state index contributed by atoms with van der Waals surface area (Å²) >= 11 is 0. The van der Waals surface area contributed by atoms with E-state index in [1.54, 1.807) is 18.2 Å². The summed E-state index contributed by atoms with van der Waals surface area (Å²) in [5, 5.41) is 3.16. The minimum absolute atomic E-state index is 0.0399. The van der Waals surface area contributed by atoms with Gasteiger partial charge in [-0.2, -0.15) is 0 Å². The molecule has 1 amide bonds. The van der Waals surface area contributed by atoms with Crippen LogP contribution in [0.3, 0.4) is 0 Å². The number of carbonyl (C=O) groups excluding carboxylic acids is 1. The number of nitrogens with one attached hydrogen (secondary N) is 1. The third-order valence-corrected chi connectivity index (χ3v) is 8.90. The fourth-order valence-electron chi connectivity index (χ4n) is 6.16. The standard InChI is InChI=1S/C37H38F4N6O6/c1-23-34(45(3)36(49)47(23)25-7-9-26(10-8-25)53-37(39,40)41)35(48)43-24-6-11-31(28(38)20-24)52-30-12-13-42-29-22-33(32(50-4)21-27(29)30)51-19-5-14-46-17-15-44(2)16-18-46/h6-13,20-22H,5,14-19H2,1-4H3,(H,43,48). The number of anilines is 1. The first kappa shape index (κ1) is 37.2. The molecule has 1 aliphatic rings. The number of methoxy groups -OCH3 is 1. The highest BCUT2D eigenvalue weighted by Crippen LogP contribution is 2.38. The van der Waals surface area contributed by atoms with Crippen LogP contribution in [0.4, 0.5) is 23.2 Å². The second-order valence-electron chi connectivity index (χ2n) is 12.5. The number of halogens is 4. The summed E-state index contributed by atoms with van der Waals surface area (Å²) in [5.41, 5.74) is 0.407. The minimum atomic E-state index is -4.87. The maximum atomic E-state index is 15.4. The molecule has 1 saturated heterocycles. The first-order valence-electron chi connectivity index (χ1n) is 16.7. The first-order valence-corrected chi connectivity index (χ1v) is 16.7. The number of rotatable bonds is 12. The van der Waals surface area contributed by atoms with Crippen molar-refractivity contribution in [1.82, 2.24) is 23.9 Å². The number of aromatic nitrogens is 3. The fraction of sp³-hybridized carbons (Fsp3) is 0.324. The molecule has 3 aromatic carbocycles. The van der Waals surface area contributed by atoms with Crippen LogP contribution in [-0.4, -0.2) is 89.7 Å². The van der Waals surface area contributed by atoms with Gasteiger partial charge in [-0.25, -0.2) is 9.18 Å². The van der Waals surface area contributed by atoms with Crippen molar-refractivity contribution >= 4 is 22.5 Å². The van der Waals surface area contributed by atoms with Crippen LogP contribution in [-0.2, 0) is 7.05 Å². The smallest absolute Gasteiger partial charge is 0.493 e. The molecule has 0 spiro atoms. The zero-order valence-electron chi connectivity index (χ0n) is 29.5. The van der Waals surface area contributed by atoms with Crippen molar-refractivity contribution in [2.45, 2.75) is 19.7 Å². The molecule has 12 nitrogen and oxygen atoms in total. The van der Waals surface area contributed by atoms with Gasteiger partial charge in [-0.15, -0.1) is 13.2 Å². The van der Waals surface area contributed by atoms with Gasteiger partial charge in [0.15, 0.2) is 23.1 Å². The lowest BCUT2D eigenvalue weighted by Crippen LogP contribution is -2.44. The second kappa shape index (κ2) is 15.6. The molecule has 0 aliphatic carbocycles. The Morgan fingerprint density at radius 1 is 0.925 bits per heavy atom. The van der Waals surface area contributed by atoms with Gasteiger partial charge in [0.1, 0.15) is 17.2 Å². The number of piperazine rings is 1. The maximum Gasteiger partial charge on any atom is 0.573 e. The van der Waals surface area contributed by atoms with Gasteiger partial charge in [-0.1, -0.05) is 0 Å². The Morgan fingerprint density at radius 3 is 2.34 bits per heavy atom. The highest BCUT2D eigenvalue weighted by molar-refractivity contribution is 6.04. The van der Waals surface area contributed by atoms with Gasteiger partial charge >= 0.3 is 12.1 Å².